The lowest BCUT2D eigenvalue weighted by atomic mass is 9.94. The number of benzene rings is 2. The zero-order chi connectivity index (χ0) is 22.6. The Labute approximate surface area is 182 Å². The fourth-order valence-corrected chi connectivity index (χ4v) is 4.40. The standard InChI is InChI=1S/C22H27N3O5S/c1-22(21(27)23-13-17-7-5-4-6-8-17)16-24(31(3,28)29)15-20(26)25(22)14-18-9-11-19(30-2)12-10-18/h4-12H,13-16H2,1-3H3,(H,23,27). The molecule has 2 aromatic rings. The van der Waals surface area contributed by atoms with Crippen LogP contribution < -0.4 is 10.1 Å². The van der Waals surface area contributed by atoms with Gasteiger partial charge in [0.2, 0.25) is 21.8 Å². The molecule has 9 heteroatoms. The van der Waals surface area contributed by atoms with Gasteiger partial charge in [0, 0.05) is 19.6 Å². The molecule has 2 amide bonds. The molecule has 1 fully saturated rings. The first kappa shape index (κ1) is 22.8. The number of sulfonamides is 1. The molecule has 0 aliphatic carbocycles. The Bertz CT molecular complexity index is 1040. The van der Waals surface area contributed by atoms with Crippen molar-refractivity contribution in [2.45, 2.75) is 25.6 Å². The molecular formula is C22H27N3O5S. The maximum Gasteiger partial charge on any atom is 0.247 e. The summed E-state index contributed by atoms with van der Waals surface area (Å²) >= 11 is 0. The molecular weight excluding hydrogens is 418 g/mol. The first-order valence-electron chi connectivity index (χ1n) is 9.84. The highest BCUT2D eigenvalue weighted by atomic mass is 32.2. The van der Waals surface area contributed by atoms with Crippen molar-refractivity contribution < 1.29 is 22.7 Å². The second-order valence-corrected chi connectivity index (χ2v) is 9.78. The van der Waals surface area contributed by atoms with E-state index in [-0.39, 0.29) is 26.2 Å². The van der Waals surface area contributed by atoms with Crippen LogP contribution in [0.1, 0.15) is 18.1 Å². The maximum atomic E-state index is 13.3. The van der Waals surface area contributed by atoms with Crippen molar-refractivity contribution in [3.8, 4) is 5.75 Å². The first-order valence-corrected chi connectivity index (χ1v) is 11.7. The molecule has 0 spiro atoms. The summed E-state index contributed by atoms with van der Waals surface area (Å²) in [4.78, 5) is 27.7. The molecule has 1 unspecified atom stereocenters. The molecule has 1 heterocycles. The summed E-state index contributed by atoms with van der Waals surface area (Å²) in [5.41, 5.74) is 0.347. The van der Waals surface area contributed by atoms with Crippen molar-refractivity contribution in [1.82, 2.24) is 14.5 Å². The third-order valence-electron chi connectivity index (χ3n) is 5.45. The van der Waals surface area contributed by atoms with E-state index in [0.717, 1.165) is 21.7 Å². The fraction of sp³-hybridized carbons (Fsp3) is 0.364. The number of ether oxygens (including phenoxy) is 1. The van der Waals surface area contributed by atoms with Crippen molar-refractivity contribution >= 4 is 21.8 Å². The van der Waals surface area contributed by atoms with Gasteiger partial charge in [-0.05, 0) is 30.2 Å². The Morgan fingerprint density at radius 2 is 1.74 bits per heavy atom. The minimum absolute atomic E-state index is 0.117. The summed E-state index contributed by atoms with van der Waals surface area (Å²) in [6, 6.07) is 16.6. The maximum absolute atomic E-state index is 13.3. The summed E-state index contributed by atoms with van der Waals surface area (Å²) in [5, 5.41) is 2.86. The van der Waals surface area contributed by atoms with Gasteiger partial charge in [-0.25, -0.2) is 8.42 Å². The van der Waals surface area contributed by atoms with Gasteiger partial charge in [0.1, 0.15) is 11.3 Å². The summed E-state index contributed by atoms with van der Waals surface area (Å²) in [6.45, 7) is 1.64. The lowest BCUT2D eigenvalue weighted by molar-refractivity contribution is -0.153. The largest absolute Gasteiger partial charge is 0.497 e. The average Bonchev–Trinajstić information content (AvgIpc) is 2.75. The number of hydrogen-bond acceptors (Lipinski definition) is 5. The summed E-state index contributed by atoms with van der Waals surface area (Å²) in [5.74, 6) is -0.156. The molecule has 0 aromatic heterocycles. The third kappa shape index (κ3) is 5.23. The van der Waals surface area contributed by atoms with Gasteiger partial charge < -0.3 is 15.0 Å². The van der Waals surface area contributed by atoms with E-state index in [1.54, 1.807) is 26.2 Å². The van der Waals surface area contributed by atoms with Gasteiger partial charge in [-0.3, -0.25) is 9.59 Å². The number of carbonyl (C=O) groups excluding carboxylic acids is 2. The van der Waals surface area contributed by atoms with Crippen molar-refractivity contribution in [2.75, 3.05) is 26.5 Å². The van der Waals surface area contributed by atoms with Crippen LogP contribution in [-0.4, -0.2) is 61.4 Å². The summed E-state index contributed by atoms with van der Waals surface area (Å²) in [6.07, 6.45) is 1.04. The van der Waals surface area contributed by atoms with Crippen molar-refractivity contribution in [3.05, 3.63) is 65.7 Å². The smallest absolute Gasteiger partial charge is 0.247 e. The van der Waals surface area contributed by atoms with Crippen LogP contribution in [0.4, 0.5) is 0 Å². The van der Waals surface area contributed by atoms with Crippen LogP contribution in [-0.2, 0) is 32.7 Å². The second-order valence-electron chi connectivity index (χ2n) is 7.80. The molecule has 2 aromatic carbocycles. The van der Waals surface area contributed by atoms with Gasteiger partial charge in [-0.2, -0.15) is 4.31 Å². The fourth-order valence-electron chi connectivity index (χ4n) is 3.57. The quantitative estimate of drug-likeness (QED) is 0.695. The number of amides is 2. The van der Waals surface area contributed by atoms with Crippen molar-refractivity contribution in [2.24, 2.45) is 0 Å². The monoisotopic (exact) mass is 445 g/mol. The summed E-state index contributed by atoms with van der Waals surface area (Å²) in [7, 11) is -2.08. The Kier molecular flexibility index (Phi) is 6.66. The number of nitrogens with zero attached hydrogens (tertiary/aromatic N) is 2. The predicted octanol–water partition coefficient (Wildman–Crippen LogP) is 1.37. The van der Waals surface area contributed by atoms with Crippen LogP contribution >= 0.6 is 0 Å². The zero-order valence-electron chi connectivity index (χ0n) is 17.9. The highest BCUT2D eigenvalue weighted by Gasteiger charge is 2.49. The molecule has 1 N–H and O–H groups in total. The minimum atomic E-state index is -3.65. The van der Waals surface area contributed by atoms with Gasteiger partial charge in [-0.1, -0.05) is 42.5 Å². The molecule has 3 rings (SSSR count). The van der Waals surface area contributed by atoms with E-state index in [2.05, 4.69) is 5.32 Å². The number of nitrogens with one attached hydrogen (secondary N) is 1. The highest BCUT2D eigenvalue weighted by Crippen LogP contribution is 2.27. The predicted molar refractivity (Wildman–Crippen MR) is 117 cm³/mol. The van der Waals surface area contributed by atoms with Gasteiger partial charge in [-0.15, -0.1) is 0 Å². The second kappa shape index (κ2) is 9.07. The van der Waals surface area contributed by atoms with E-state index in [0.29, 0.717) is 5.75 Å². The van der Waals surface area contributed by atoms with Gasteiger partial charge >= 0.3 is 0 Å². The first-order chi connectivity index (χ1) is 14.6. The van der Waals surface area contributed by atoms with Gasteiger partial charge in [0.25, 0.3) is 0 Å². The molecule has 1 aliphatic heterocycles. The minimum Gasteiger partial charge on any atom is -0.497 e. The van der Waals surface area contributed by atoms with Gasteiger partial charge in [0.15, 0.2) is 0 Å². The Hall–Kier alpha value is -2.91. The van der Waals surface area contributed by atoms with Gasteiger partial charge in [0.05, 0.1) is 19.9 Å². The molecule has 1 aliphatic rings. The van der Waals surface area contributed by atoms with E-state index in [9.17, 15) is 18.0 Å². The van der Waals surface area contributed by atoms with Crippen LogP contribution in [0.25, 0.3) is 0 Å². The zero-order valence-corrected chi connectivity index (χ0v) is 18.7. The molecule has 1 saturated heterocycles. The number of methoxy groups -OCH3 is 1. The Morgan fingerprint density at radius 3 is 2.32 bits per heavy atom. The lowest BCUT2D eigenvalue weighted by Crippen LogP contribution is -2.69. The van der Waals surface area contributed by atoms with E-state index < -0.39 is 27.4 Å². The Balaban J connectivity index is 1.87. The van der Waals surface area contributed by atoms with Crippen LogP contribution in [0.3, 0.4) is 0 Å². The molecule has 0 saturated carbocycles. The molecule has 31 heavy (non-hydrogen) atoms. The normalized spacial score (nSPS) is 19.8. The van der Waals surface area contributed by atoms with E-state index in [1.165, 1.54) is 4.90 Å². The number of rotatable bonds is 7. The van der Waals surface area contributed by atoms with E-state index in [4.69, 9.17) is 4.74 Å². The number of hydrogen-bond donors (Lipinski definition) is 1. The van der Waals surface area contributed by atoms with E-state index >= 15 is 0 Å². The highest BCUT2D eigenvalue weighted by molar-refractivity contribution is 7.88. The number of piperazine rings is 1. The third-order valence-corrected chi connectivity index (χ3v) is 6.64. The van der Waals surface area contributed by atoms with Crippen LogP contribution in [0.15, 0.2) is 54.6 Å². The molecule has 1 atom stereocenters. The van der Waals surface area contributed by atoms with Crippen LogP contribution in [0.5, 0.6) is 5.75 Å². The lowest BCUT2D eigenvalue weighted by Gasteiger charge is -2.46. The molecule has 166 valence electrons. The van der Waals surface area contributed by atoms with Crippen molar-refractivity contribution in [1.29, 1.82) is 0 Å². The summed E-state index contributed by atoms with van der Waals surface area (Å²) < 4.78 is 30.6. The van der Waals surface area contributed by atoms with Crippen molar-refractivity contribution in [3.63, 3.8) is 0 Å². The molecule has 0 bridgehead atoms. The molecule has 0 radical (unpaired) electrons. The Morgan fingerprint density at radius 1 is 1.10 bits per heavy atom. The topological polar surface area (TPSA) is 96.0 Å². The van der Waals surface area contributed by atoms with Crippen LogP contribution in [0.2, 0.25) is 0 Å². The number of carbonyl (C=O) groups is 2. The van der Waals surface area contributed by atoms with E-state index in [1.807, 2.05) is 42.5 Å². The van der Waals surface area contributed by atoms with Crippen LogP contribution in [0, 0.1) is 0 Å². The SMILES string of the molecule is COc1ccc(CN2C(=O)CN(S(C)(=O)=O)CC2(C)C(=O)NCc2ccccc2)cc1. The molecule has 8 nitrogen and oxygen atoms in total. The average molecular weight is 446 g/mol.